The number of nitrogens with two attached hydrogens (primary N) is 1. The van der Waals surface area contributed by atoms with E-state index in [1.165, 1.54) is 0 Å². The van der Waals surface area contributed by atoms with E-state index in [1.807, 2.05) is 20.8 Å². The summed E-state index contributed by atoms with van der Waals surface area (Å²) in [5, 5.41) is 18.6. The van der Waals surface area contributed by atoms with Gasteiger partial charge in [-0.1, -0.05) is 34.6 Å². The van der Waals surface area contributed by atoms with Crippen LogP contribution in [0.25, 0.3) is 0 Å². The highest BCUT2D eigenvalue weighted by molar-refractivity contribution is 8.02. The molecular weight excluding hydrogens is 266 g/mol. The van der Waals surface area contributed by atoms with E-state index in [2.05, 4.69) is 0 Å². The Morgan fingerprint density at radius 3 is 1.89 bits per heavy atom. The molecule has 1 heterocycles. The third-order valence-electron chi connectivity index (χ3n) is 4.62. The number of carboxylic acids is 2. The van der Waals surface area contributed by atoms with Crippen LogP contribution in [0.15, 0.2) is 0 Å². The van der Waals surface area contributed by atoms with Crippen LogP contribution < -0.4 is 5.73 Å². The first kappa shape index (κ1) is 16.3. The molecule has 0 bridgehead atoms. The molecule has 0 aromatic carbocycles. The first-order valence-corrected chi connectivity index (χ1v) is 7.26. The topological polar surface area (TPSA) is 101 Å². The number of aliphatic carboxylic acids is 2. The summed E-state index contributed by atoms with van der Waals surface area (Å²) in [6.07, 6.45) is 0.322. The molecular formula is C13H23NO4S. The van der Waals surface area contributed by atoms with E-state index in [0.29, 0.717) is 6.42 Å². The molecule has 1 rings (SSSR count). The van der Waals surface area contributed by atoms with Gasteiger partial charge in [-0.25, -0.2) is 0 Å². The fourth-order valence-electron chi connectivity index (χ4n) is 3.36. The SMILES string of the molecule is CCC1(C(=O)O)C(N)SC(C(=O)O)(C(C)(C)C)C1C. The predicted octanol–water partition coefficient (Wildman–Crippen LogP) is 2.00. The Morgan fingerprint density at radius 2 is 1.74 bits per heavy atom. The summed E-state index contributed by atoms with van der Waals surface area (Å²) >= 11 is 1.09. The highest BCUT2D eigenvalue weighted by Gasteiger charge is 2.69. The van der Waals surface area contributed by atoms with Crippen LogP contribution in [0.3, 0.4) is 0 Å². The molecule has 19 heavy (non-hydrogen) atoms. The van der Waals surface area contributed by atoms with Gasteiger partial charge in [0.1, 0.15) is 4.75 Å². The number of carboxylic acid groups (broad SMARTS) is 2. The summed E-state index contributed by atoms with van der Waals surface area (Å²) in [7, 11) is 0. The molecule has 0 aromatic rings. The van der Waals surface area contributed by atoms with Crippen molar-refractivity contribution in [2.24, 2.45) is 22.5 Å². The van der Waals surface area contributed by atoms with Crippen LogP contribution in [-0.2, 0) is 9.59 Å². The largest absolute Gasteiger partial charge is 0.481 e. The number of thioether (sulfide) groups is 1. The van der Waals surface area contributed by atoms with E-state index in [0.717, 1.165) is 11.8 Å². The van der Waals surface area contributed by atoms with Gasteiger partial charge in [0.25, 0.3) is 0 Å². The fraction of sp³-hybridized carbons (Fsp3) is 0.846. The molecule has 4 N–H and O–H groups in total. The van der Waals surface area contributed by atoms with Crippen molar-refractivity contribution in [1.82, 2.24) is 0 Å². The van der Waals surface area contributed by atoms with Crippen LogP contribution in [0.2, 0.25) is 0 Å². The van der Waals surface area contributed by atoms with Crippen molar-refractivity contribution >= 4 is 23.7 Å². The van der Waals surface area contributed by atoms with Gasteiger partial charge >= 0.3 is 11.9 Å². The molecule has 1 fully saturated rings. The standard InChI is InChI=1S/C13H23NO4S/c1-6-12(9(15)16)7(2)13(10(17)18,11(3,4)5)19-8(12)14/h7-8H,6,14H2,1-5H3,(H,15,16)(H,17,18). The lowest BCUT2D eigenvalue weighted by molar-refractivity contribution is -0.157. The maximum Gasteiger partial charge on any atom is 0.320 e. The average Bonchev–Trinajstić information content (AvgIpc) is 2.47. The van der Waals surface area contributed by atoms with Gasteiger partial charge in [0.15, 0.2) is 0 Å². The van der Waals surface area contributed by atoms with Crippen molar-refractivity contribution in [2.75, 3.05) is 0 Å². The van der Waals surface area contributed by atoms with Crippen LogP contribution in [0, 0.1) is 16.7 Å². The lowest BCUT2D eigenvalue weighted by Gasteiger charge is -2.43. The summed E-state index contributed by atoms with van der Waals surface area (Å²) in [5.74, 6) is -2.54. The van der Waals surface area contributed by atoms with Gasteiger partial charge in [-0.05, 0) is 11.8 Å². The van der Waals surface area contributed by atoms with Gasteiger partial charge in [-0.2, -0.15) is 0 Å². The third kappa shape index (κ3) is 1.88. The Balaban J connectivity index is 3.51. The van der Waals surface area contributed by atoms with E-state index in [9.17, 15) is 19.8 Å². The van der Waals surface area contributed by atoms with Crippen molar-refractivity contribution in [3.8, 4) is 0 Å². The molecule has 1 saturated heterocycles. The summed E-state index contributed by atoms with van der Waals surface area (Å²) in [6, 6.07) is 0. The summed E-state index contributed by atoms with van der Waals surface area (Å²) < 4.78 is -1.19. The Morgan fingerprint density at radius 1 is 1.26 bits per heavy atom. The van der Waals surface area contributed by atoms with Crippen molar-refractivity contribution < 1.29 is 19.8 Å². The molecule has 0 saturated carbocycles. The maximum absolute atomic E-state index is 11.9. The van der Waals surface area contributed by atoms with Gasteiger partial charge in [0, 0.05) is 5.92 Å². The van der Waals surface area contributed by atoms with Gasteiger partial charge < -0.3 is 15.9 Å². The second-order valence-electron chi connectivity index (χ2n) is 6.25. The summed E-state index contributed by atoms with van der Waals surface area (Å²) in [5.41, 5.74) is 4.26. The van der Waals surface area contributed by atoms with Gasteiger partial charge in [-0.3, -0.25) is 9.59 Å². The molecule has 6 heteroatoms. The third-order valence-corrected chi connectivity index (χ3v) is 6.81. The van der Waals surface area contributed by atoms with E-state index in [1.54, 1.807) is 13.8 Å². The second-order valence-corrected chi connectivity index (χ2v) is 7.64. The molecule has 0 spiro atoms. The lowest BCUT2D eigenvalue weighted by atomic mass is 9.61. The Labute approximate surface area is 117 Å². The van der Waals surface area contributed by atoms with Crippen LogP contribution in [-0.4, -0.2) is 32.3 Å². The molecule has 0 aliphatic carbocycles. The zero-order valence-corrected chi connectivity index (χ0v) is 12.9. The van der Waals surface area contributed by atoms with E-state index < -0.39 is 38.8 Å². The highest BCUT2D eigenvalue weighted by atomic mass is 32.2. The van der Waals surface area contributed by atoms with E-state index in [-0.39, 0.29) is 0 Å². The minimum absolute atomic E-state index is 0.322. The van der Waals surface area contributed by atoms with E-state index in [4.69, 9.17) is 5.73 Å². The van der Waals surface area contributed by atoms with Crippen LogP contribution in [0.5, 0.6) is 0 Å². The van der Waals surface area contributed by atoms with Crippen molar-refractivity contribution in [2.45, 2.75) is 51.2 Å². The molecule has 5 nitrogen and oxygen atoms in total. The molecule has 4 atom stereocenters. The first-order chi connectivity index (χ1) is 8.48. The fourth-order valence-corrected chi connectivity index (χ4v) is 5.32. The zero-order valence-electron chi connectivity index (χ0n) is 12.1. The maximum atomic E-state index is 11.9. The smallest absolute Gasteiger partial charge is 0.320 e. The summed E-state index contributed by atoms with van der Waals surface area (Å²) in [4.78, 5) is 23.6. The lowest BCUT2D eigenvalue weighted by Crippen LogP contribution is -2.54. The quantitative estimate of drug-likeness (QED) is 0.734. The summed E-state index contributed by atoms with van der Waals surface area (Å²) in [6.45, 7) is 8.93. The average molecular weight is 289 g/mol. The monoisotopic (exact) mass is 289 g/mol. The predicted molar refractivity (Wildman–Crippen MR) is 74.9 cm³/mol. The number of carbonyl (C=O) groups is 2. The van der Waals surface area contributed by atoms with Gasteiger partial charge in [-0.15, -0.1) is 11.8 Å². The minimum Gasteiger partial charge on any atom is -0.481 e. The van der Waals surface area contributed by atoms with Gasteiger partial charge in [0.05, 0.1) is 10.8 Å². The van der Waals surface area contributed by atoms with Crippen LogP contribution in [0.1, 0.15) is 41.0 Å². The molecule has 0 aromatic heterocycles. The molecule has 0 radical (unpaired) electrons. The van der Waals surface area contributed by atoms with Crippen molar-refractivity contribution in [3.63, 3.8) is 0 Å². The normalized spacial score (nSPS) is 39.3. The van der Waals surface area contributed by atoms with Crippen LogP contribution >= 0.6 is 11.8 Å². The molecule has 1 aliphatic heterocycles. The van der Waals surface area contributed by atoms with Crippen molar-refractivity contribution in [3.05, 3.63) is 0 Å². The molecule has 110 valence electrons. The molecule has 0 amide bonds. The number of hydrogen-bond acceptors (Lipinski definition) is 4. The second kappa shape index (κ2) is 4.66. The van der Waals surface area contributed by atoms with Crippen molar-refractivity contribution in [1.29, 1.82) is 0 Å². The highest BCUT2D eigenvalue weighted by Crippen LogP contribution is 2.63. The molecule has 1 aliphatic rings. The Kier molecular flexibility index (Phi) is 4.00. The Hall–Kier alpha value is -0.750. The number of rotatable bonds is 3. The number of hydrogen-bond donors (Lipinski definition) is 3. The van der Waals surface area contributed by atoms with Crippen LogP contribution in [0.4, 0.5) is 0 Å². The minimum atomic E-state index is -1.20. The Bertz CT molecular complexity index is 406. The van der Waals surface area contributed by atoms with E-state index >= 15 is 0 Å². The molecule has 4 unspecified atom stereocenters. The van der Waals surface area contributed by atoms with Gasteiger partial charge in [0.2, 0.25) is 0 Å². The zero-order chi connectivity index (χ0) is 15.2. The first-order valence-electron chi connectivity index (χ1n) is 6.38.